The number of nitrogens with one attached hydrogen (secondary N) is 2. The van der Waals surface area contributed by atoms with Crippen molar-refractivity contribution in [2.24, 2.45) is 0 Å². The van der Waals surface area contributed by atoms with Gasteiger partial charge < -0.3 is 14.6 Å². The van der Waals surface area contributed by atoms with Crippen molar-refractivity contribution in [2.75, 3.05) is 31.2 Å². The Kier molecular flexibility index (Phi) is 2.64. The van der Waals surface area contributed by atoms with Crippen molar-refractivity contribution in [1.29, 1.82) is 0 Å². The fourth-order valence-electron chi connectivity index (χ4n) is 2.24. The number of rotatable bonds is 1. The lowest BCUT2D eigenvalue weighted by Crippen LogP contribution is -2.36. The second-order valence-corrected chi connectivity index (χ2v) is 4.21. The monoisotopic (exact) mass is 247 g/mol. The predicted octanol–water partition coefficient (Wildman–Crippen LogP) is 0.0530. The van der Waals surface area contributed by atoms with Crippen LogP contribution in [0.25, 0.3) is 10.9 Å². The number of aromatic amines is 2. The maximum absolute atomic E-state index is 11.7. The minimum absolute atomic E-state index is 0.358. The molecule has 0 amide bonds. The quantitative estimate of drug-likeness (QED) is 0.746. The van der Waals surface area contributed by atoms with Crippen molar-refractivity contribution in [3.05, 3.63) is 39.0 Å². The summed E-state index contributed by atoms with van der Waals surface area (Å²) in [5.41, 5.74) is 0.629. The summed E-state index contributed by atoms with van der Waals surface area (Å²) in [6.07, 6.45) is 0. The molecule has 1 aromatic carbocycles. The van der Waals surface area contributed by atoms with Crippen LogP contribution in [0.1, 0.15) is 0 Å². The second-order valence-electron chi connectivity index (χ2n) is 4.21. The first-order chi connectivity index (χ1) is 8.75. The summed E-state index contributed by atoms with van der Waals surface area (Å²) in [7, 11) is 0. The number of ether oxygens (including phenoxy) is 1. The average Bonchev–Trinajstić information content (AvgIpc) is 2.39. The van der Waals surface area contributed by atoms with E-state index in [1.165, 1.54) is 0 Å². The van der Waals surface area contributed by atoms with E-state index in [2.05, 4.69) is 14.9 Å². The molecule has 18 heavy (non-hydrogen) atoms. The Hall–Kier alpha value is -2.08. The van der Waals surface area contributed by atoms with Crippen LogP contribution in [0, 0.1) is 0 Å². The molecule has 0 saturated carbocycles. The fraction of sp³-hybridized carbons (Fsp3) is 0.333. The summed E-state index contributed by atoms with van der Waals surface area (Å²) in [4.78, 5) is 30.1. The molecule has 1 aliphatic heterocycles. The molecule has 3 rings (SSSR count). The molecule has 0 atom stereocenters. The summed E-state index contributed by atoms with van der Waals surface area (Å²) >= 11 is 0. The van der Waals surface area contributed by atoms with Crippen LogP contribution < -0.4 is 16.1 Å². The minimum atomic E-state index is -0.479. The predicted molar refractivity (Wildman–Crippen MR) is 68.2 cm³/mol. The third-order valence-corrected chi connectivity index (χ3v) is 3.10. The molecule has 2 N–H and O–H groups in total. The van der Waals surface area contributed by atoms with Gasteiger partial charge in [-0.25, -0.2) is 4.79 Å². The molecule has 0 radical (unpaired) electrons. The van der Waals surface area contributed by atoms with Gasteiger partial charge >= 0.3 is 5.69 Å². The Morgan fingerprint density at radius 1 is 1.11 bits per heavy atom. The molecule has 0 unspecified atom stereocenters. The van der Waals surface area contributed by atoms with Gasteiger partial charge in [0.25, 0.3) is 5.56 Å². The van der Waals surface area contributed by atoms with E-state index in [1.54, 1.807) is 6.07 Å². The second kappa shape index (κ2) is 4.30. The summed E-state index contributed by atoms with van der Waals surface area (Å²) in [5, 5.41) is 0.499. The first-order valence-electron chi connectivity index (χ1n) is 5.84. The van der Waals surface area contributed by atoms with E-state index in [1.807, 2.05) is 12.1 Å². The fourth-order valence-corrected chi connectivity index (χ4v) is 2.24. The highest BCUT2D eigenvalue weighted by Gasteiger charge is 2.15. The molecule has 2 aromatic rings. The smallest absolute Gasteiger partial charge is 0.326 e. The van der Waals surface area contributed by atoms with E-state index >= 15 is 0 Å². The van der Waals surface area contributed by atoms with Crippen LogP contribution in [0.4, 0.5) is 5.69 Å². The van der Waals surface area contributed by atoms with Crippen LogP contribution in [0.5, 0.6) is 0 Å². The molecule has 94 valence electrons. The third kappa shape index (κ3) is 1.80. The van der Waals surface area contributed by atoms with Crippen LogP contribution in [0.2, 0.25) is 0 Å². The van der Waals surface area contributed by atoms with Crippen LogP contribution in [-0.2, 0) is 4.74 Å². The van der Waals surface area contributed by atoms with Gasteiger partial charge in [-0.2, -0.15) is 0 Å². The number of fused-ring (bicyclic) bond motifs is 1. The maximum atomic E-state index is 11.7. The Morgan fingerprint density at radius 2 is 1.89 bits per heavy atom. The van der Waals surface area contributed by atoms with Gasteiger partial charge in [-0.05, 0) is 12.1 Å². The molecule has 1 fully saturated rings. The van der Waals surface area contributed by atoms with Crippen LogP contribution in [0.3, 0.4) is 0 Å². The lowest BCUT2D eigenvalue weighted by molar-refractivity contribution is 0.123. The molecule has 0 bridgehead atoms. The molecule has 6 nitrogen and oxygen atoms in total. The minimum Gasteiger partial charge on any atom is -0.378 e. The number of hydrogen-bond donors (Lipinski definition) is 2. The molecule has 1 saturated heterocycles. The van der Waals surface area contributed by atoms with Gasteiger partial charge in [0.15, 0.2) is 0 Å². The van der Waals surface area contributed by atoms with Gasteiger partial charge in [0.2, 0.25) is 0 Å². The molecule has 0 spiro atoms. The van der Waals surface area contributed by atoms with Gasteiger partial charge in [0.05, 0.1) is 29.8 Å². The Morgan fingerprint density at radius 3 is 2.67 bits per heavy atom. The highest BCUT2D eigenvalue weighted by Crippen LogP contribution is 2.22. The van der Waals surface area contributed by atoms with Gasteiger partial charge in [0, 0.05) is 13.1 Å². The van der Waals surface area contributed by atoms with Crippen molar-refractivity contribution in [1.82, 2.24) is 9.97 Å². The van der Waals surface area contributed by atoms with Crippen molar-refractivity contribution in [3.63, 3.8) is 0 Å². The number of anilines is 1. The summed E-state index contributed by atoms with van der Waals surface area (Å²) in [6, 6.07) is 5.43. The molecule has 0 aliphatic carbocycles. The number of H-pyrrole nitrogens is 2. The first kappa shape index (κ1) is 11.0. The van der Waals surface area contributed by atoms with E-state index in [-0.39, 0.29) is 5.56 Å². The number of aromatic nitrogens is 2. The highest BCUT2D eigenvalue weighted by atomic mass is 16.5. The molecule has 6 heteroatoms. The standard InChI is InChI=1S/C12H13N3O3/c16-11-8-2-1-3-9(10(8)13-12(17)14-11)15-4-6-18-7-5-15/h1-3H,4-7H2,(H2,13,14,16,17). The summed E-state index contributed by atoms with van der Waals surface area (Å²) in [5.74, 6) is 0. The highest BCUT2D eigenvalue weighted by molar-refractivity contribution is 5.90. The van der Waals surface area contributed by atoms with Crippen LogP contribution in [-0.4, -0.2) is 36.3 Å². The molecule has 1 aliphatic rings. The van der Waals surface area contributed by atoms with E-state index in [0.717, 1.165) is 18.8 Å². The van der Waals surface area contributed by atoms with E-state index in [9.17, 15) is 9.59 Å². The molecular weight excluding hydrogens is 234 g/mol. The zero-order valence-corrected chi connectivity index (χ0v) is 9.73. The molecular formula is C12H13N3O3. The van der Waals surface area contributed by atoms with Gasteiger partial charge in [-0.15, -0.1) is 0 Å². The lowest BCUT2D eigenvalue weighted by Gasteiger charge is -2.29. The van der Waals surface area contributed by atoms with Crippen molar-refractivity contribution >= 4 is 16.6 Å². The maximum Gasteiger partial charge on any atom is 0.326 e. The van der Waals surface area contributed by atoms with Gasteiger partial charge in [-0.3, -0.25) is 9.78 Å². The summed E-state index contributed by atoms with van der Waals surface area (Å²) in [6.45, 7) is 2.83. The largest absolute Gasteiger partial charge is 0.378 e. The van der Waals surface area contributed by atoms with Gasteiger partial charge in [0.1, 0.15) is 0 Å². The van der Waals surface area contributed by atoms with Gasteiger partial charge in [-0.1, -0.05) is 6.07 Å². The zero-order valence-electron chi connectivity index (χ0n) is 9.73. The molecule has 1 aromatic heterocycles. The number of para-hydroxylation sites is 1. The topological polar surface area (TPSA) is 78.2 Å². The van der Waals surface area contributed by atoms with E-state index in [0.29, 0.717) is 24.1 Å². The Labute approximate surface area is 102 Å². The SMILES string of the molecule is O=c1[nH]c(=O)c2cccc(N3CCOCC3)c2[nH]1. The Balaban J connectivity index is 2.22. The van der Waals surface area contributed by atoms with Crippen LogP contribution >= 0.6 is 0 Å². The van der Waals surface area contributed by atoms with Crippen molar-refractivity contribution < 1.29 is 4.74 Å². The molecule has 2 heterocycles. The van der Waals surface area contributed by atoms with E-state index < -0.39 is 5.69 Å². The summed E-state index contributed by atoms with van der Waals surface area (Å²) < 4.78 is 5.30. The number of hydrogen-bond acceptors (Lipinski definition) is 4. The van der Waals surface area contributed by atoms with Crippen molar-refractivity contribution in [2.45, 2.75) is 0 Å². The van der Waals surface area contributed by atoms with Crippen LogP contribution in [0.15, 0.2) is 27.8 Å². The first-order valence-corrected chi connectivity index (χ1v) is 5.84. The average molecular weight is 247 g/mol. The third-order valence-electron chi connectivity index (χ3n) is 3.10. The Bertz CT molecular complexity index is 683. The normalized spacial score (nSPS) is 16.1. The van der Waals surface area contributed by atoms with Crippen molar-refractivity contribution in [3.8, 4) is 0 Å². The van der Waals surface area contributed by atoms with E-state index in [4.69, 9.17) is 4.74 Å². The number of benzene rings is 1. The lowest BCUT2D eigenvalue weighted by atomic mass is 10.2. The number of nitrogens with zero attached hydrogens (tertiary/aromatic N) is 1. The zero-order chi connectivity index (χ0) is 12.5. The number of morpholine rings is 1.